The molecule has 1 saturated carbocycles. The van der Waals surface area contributed by atoms with Crippen LogP contribution in [0.1, 0.15) is 38.5 Å². The van der Waals surface area contributed by atoms with Gasteiger partial charge < -0.3 is 15.5 Å². The molecule has 0 aromatic rings. The van der Waals surface area contributed by atoms with Gasteiger partial charge >= 0.3 is 0 Å². The van der Waals surface area contributed by atoms with Crippen LogP contribution in [0.15, 0.2) is 11.8 Å². The number of carbonyl (C=O) groups excluding carboxylic acids is 1. The van der Waals surface area contributed by atoms with E-state index < -0.39 is 0 Å². The summed E-state index contributed by atoms with van der Waals surface area (Å²) in [5.41, 5.74) is 0.167. The Morgan fingerprint density at radius 3 is 2.65 bits per heavy atom. The Morgan fingerprint density at radius 2 is 2.05 bits per heavy atom. The highest BCUT2D eigenvalue weighted by Crippen LogP contribution is 2.17. The first-order valence-electron chi connectivity index (χ1n) is 7.42. The molecule has 0 aromatic heterocycles. The maximum absolute atomic E-state index is 12.0. The molecule has 1 rings (SSSR count). The minimum atomic E-state index is -0.250. The van der Waals surface area contributed by atoms with Gasteiger partial charge in [-0.1, -0.05) is 19.3 Å². The summed E-state index contributed by atoms with van der Waals surface area (Å²) >= 11 is 0. The number of nitrogens with zero attached hydrogens (tertiary/aromatic N) is 2. The number of nitriles is 1. The van der Waals surface area contributed by atoms with Crippen LogP contribution in [0.2, 0.25) is 0 Å². The number of amides is 1. The van der Waals surface area contributed by atoms with Gasteiger partial charge in [0.1, 0.15) is 11.6 Å². The van der Waals surface area contributed by atoms with Crippen molar-refractivity contribution in [3.8, 4) is 6.07 Å². The Hall–Kier alpha value is -1.54. The predicted octanol–water partition coefficient (Wildman–Crippen LogP) is 1.38. The molecule has 0 heterocycles. The fraction of sp³-hybridized carbons (Fsp3) is 0.733. The van der Waals surface area contributed by atoms with E-state index in [1.54, 1.807) is 0 Å². The summed E-state index contributed by atoms with van der Waals surface area (Å²) in [7, 11) is 4.04. The standard InChI is InChI=1S/C15H26N4O/c1-19(2)10-6-9-17-12-13(11-16)15(20)18-14-7-4-3-5-8-14/h12,14,17H,3-10H2,1-2H3,(H,18,20)/b13-12-. The molecule has 5 nitrogen and oxygen atoms in total. The van der Waals surface area contributed by atoms with Crippen molar-refractivity contribution in [1.29, 1.82) is 5.26 Å². The highest BCUT2D eigenvalue weighted by atomic mass is 16.1. The first kappa shape index (κ1) is 16.5. The van der Waals surface area contributed by atoms with Gasteiger partial charge in [-0.25, -0.2) is 0 Å². The van der Waals surface area contributed by atoms with E-state index in [4.69, 9.17) is 5.26 Å². The Balaban J connectivity index is 2.32. The lowest BCUT2D eigenvalue weighted by Crippen LogP contribution is -2.37. The van der Waals surface area contributed by atoms with E-state index in [1.165, 1.54) is 25.5 Å². The maximum atomic E-state index is 12.0. The largest absolute Gasteiger partial charge is 0.390 e. The fourth-order valence-corrected chi connectivity index (χ4v) is 2.33. The molecule has 1 aliphatic rings. The minimum absolute atomic E-state index is 0.167. The molecule has 0 atom stereocenters. The normalized spacial score (nSPS) is 16.8. The molecule has 0 saturated heterocycles. The first-order chi connectivity index (χ1) is 9.63. The third-order valence-corrected chi connectivity index (χ3v) is 3.48. The molecular formula is C15H26N4O. The van der Waals surface area contributed by atoms with E-state index in [1.807, 2.05) is 20.2 Å². The average Bonchev–Trinajstić information content (AvgIpc) is 2.43. The van der Waals surface area contributed by atoms with Gasteiger partial charge in [0.2, 0.25) is 0 Å². The van der Waals surface area contributed by atoms with Gasteiger partial charge in [0.05, 0.1) is 0 Å². The lowest BCUT2D eigenvalue weighted by Gasteiger charge is -2.22. The van der Waals surface area contributed by atoms with E-state index >= 15 is 0 Å². The van der Waals surface area contributed by atoms with Gasteiger partial charge in [0.25, 0.3) is 5.91 Å². The van der Waals surface area contributed by atoms with Crippen LogP contribution in [0.5, 0.6) is 0 Å². The Kier molecular flexibility index (Phi) is 7.74. The van der Waals surface area contributed by atoms with Crippen molar-refractivity contribution in [2.75, 3.05) is 27.2 Å². The van der Waals surface area contributed by atoms with Crippen molar-refractivity contribution in [3.63, 3.8) is 0 Å². The molecule has 0 aromatic carbocycles. The SMILES string of the molecule is CN(C)CCCN/C=C(/C#N)C(=O)NC1CCCCC1. The van der Waals surface area contributed by atoms with Crippen LogP contribution in [0, 0.1) is 11.3 Å². The molecule has 1 amide bonds. The highest BCUT2D eigenvalue weighted by molar-refractivity contribution is 5.97. The van der Waals surface area contributed by atoms with Crippen LogP contribution in [0.3, 0.4) is 0 Å². The van der Waals surface area contributed by atoms with E-state index in [0.29, 0.717) is 0 Å². The van der Waals surface area contributed by atoms with E-state index in [0.717, 1.165) is 32.4 Å². The molecule has 112 valence electrons. The third-order valence-electron chi connectivity index (χ3n) is 3.48. The monoisotopic (exact) mass is 278 g/mol. The van der Waals surface area contributed by atoms with Crippen LogP contribution in [-0.2, 0) is 4.79 Å². The van der Waals surface area contributed by atoms with Crippen molar-refractivity contribution in [3.05, 3.63) is 11.8 Å². The molecule has 0 aliphatic heterocycles. The van der Waals surface area contributed by atoms with E-state index in [2.05, 4.69) is 15.5 Å². The summed E-state index contributed by atoms with van der Waals surface area (Å²) in [4.78, 5) is 14.1. The van der Waals surface area contributed by atoms with Gasteiger partial charge in [0.15, 0.2) is 0 Å². The molecule has 1 aliphatic carbocycles. The lowest BCUT2D eigenvalue weighted by atomic mass is 9.95. The third kappa shape index (κ3) is 6.58. The summed E-state index contributed by atoms with van der Waals surface area (Å²) in [6, 6.07) is 2.20. The molecule has 0 radical (unpaired) electrons. The van der Waals surface area contributed by atoms with Crippen molar-refractivity contribution in [1.82, 2.24) is 15.5 Å². The second-order valence-corrected chi connectivity index (χ2v) is 5.59. The van der Waals surface area contributed by atoms with Crippen molar-refractivity contribution in [2.24, 2.45) is 0 Å². The molecular weight excluding hydrogens is 252 g/mol. The molecule has 5 heteroatoms. The topological polar surface area (TPSA) is 68.2 Å². The van der Waals surface area contributed by atoms with Gasteiger partial charge in [-0.3, -0.25) is 4.79 Å². The summed E-state index contributed by atoms with van der Waals surface area (Å²) in [5, 5.41) is 15.0. The smallest absolute Gasteiger partial charge is 0.263 e. The van der Waals surface area contributed by atoms with Gasteiger partial charge in [0, 0.05) is 18.8 Å². The van der Waals surface area contributed by atoms with Gasteiger partial charge in [-0.15, -0.1) is 0 Å². The van der Waals surface area contributed by atoms with Crippen molar-refractivity contribution < 1.29 is 4.79 Å². The first-order valence-corrected chi connectivity index (χ1v) is 7.42. The highest BCUT2D eigenvalue weighted by Gasteiger charge is 2.17. The fourth-order valence-electron chi connectivity index (χ4n) is 2.33. The Bertz CT molecular complexity index is 365. The Labute approximate surface area is 122 Å². The zero-order valence-corrected chi connectivity index (χ0v) is 12.6. The van der Waals surface area contributed by atoms with Crippen molar-refractivity contribution in [2.45, 2.75) is 44.6 Å². The summed E-state index contributed by atoms with van der Waals surface area (Å²) in [5.74, 6) is -0.250. The average molecular weight is 278 g/mol. The number of hydrogen-bond acceptors (Lipinski definition) is 4. The van der Waals surface area contributed by atoms with Gasteiger partial charge in [-0.2, -0.15) is 5.26 Å². The zero-order chi connectivity index (χ0) is 14.8. The van der Waals surface area contributed by atoms with Crippen LogP contribution in [0.4, 0.5) is 0 Å². The van der Waals surface area contributed by atoms with E-state index in [9.17, 15) is 4.79 Å². The Morgan fingerprint density at radius 1 is 1.35 bits per heavy atom. The quantitative estimate of drug-likeness (QED) is 0.419. The minimum Gasteiger partial charge on any atom is -0.390 e. The second kappa shape index (κ2) is 9.38. The lowest BCUT2D eigenvalue weighted by molar-refractivity contribution is -0.118. The van der Waals surface area contributed by atoms with E-state index in [-0.39, 0.29) is 17.5 Å². The second-order valence-electron chi connectivity index (χ2n) is 5.59. The summed E-state index contributed by atoms with van der Waals surface area (Å²) < 4.78 is 0. The maximum Gasteiger partial charge on any atom is 0.263 e. The molecule has 0 spiro atoms. The zero-order valence-electron chi connectivity index (χ0n) is 12.6. The predicted molar refractivity (Wildman–Crippen MR) is 79.9 cm³/mol. The molecule has 2 N–H and O–H groups in total. The molecule has 20 heavy (non-hydrogen) atoms. The number of nitrogens with one attached hydrogen (secondary N) is 2. The van der Waals surface area contributed by atoms with Crippen molar-refractivity contribution >= 4 is 5.91 Å². The molecule has 1 fully saturated rings. The summed E-state index contributed by atoms with van der Waals surface area (Å²) in [6.07, 6.45) is 8.15. The molecule has 0 bridgehead atoms. The number of rotatable bonds is 7. The van der Waals surface area contributed by atoms with Gasteiger partial charge in [-0.05, 0) is 39.9 Å². The van der Waals surface area contributed by atoms with Crippen LogP contribution in [-0.4, -0.2) is 44.0 Å². The molecule has 0 unspecified atom stereocenters. The number of carbonyl (C=O) groups is 1. The number of hydrogen-bond donors (Lipinski definition) is 2. The summed E-state index contributed by atoms with van der Waals surface area (Å²) in [6.45, 7) is 1.75. The van der Waals surface area contributed by atoms with Crippen LogP contribution >= 0.6 is 0 Å². The van der Waals surface area contributed by atoms with Crippen LogP contribution < -0.4 is 10.6 Å². The van der Waals surface area contributed by atoms with Crippen LogP contribution in [0.25, 0.3) is 0 Å².